The highest BCUT2D eigenvalue weighted by Crippen LogP contribution is 2.43. The van der Waals surface area contributed by atoms with Crippen molar-refractivity contribution in [2.45, 2.75) is 25.4 Å². The quantitative estimate of drug-likeness (QED) is 0.790. The number of aliphatic hydroxyl groups is 1. The molecule has 0 amide bonds. The Morgan fingerprint density at radius 2 is 1.67 bits per heavy atom. The lowest BCUT2D eigenvalue weighted by molar-refractivity contribution is -0.0548. The third-order valence-corrected chi connectivity index (χ3v) is 5.79. The lowest BCUT2D eigenvalue weighted by Gasteiger charge is -2.43. The molecule has 0 unspecified atom stereocenters. The van der Waals surface area contributed by atoms with Crippen LogP contribution in [0.4, 0.5) is 4.39 Å². The monoisotopic (exact) mass is 391 g/mol. The molecule has 3 rings (SSSR count). The molecule has 1 heterocycles. The number of hydrogen-bond acceptors (Lipinski definition) is 3. The number of ether oxygens (including phenoxy) is 1. The van der Waals surface area contributed by atoms with E-state index >= 15 is 0 Å². The largest absolute Gasteiger partial charge is 0.384 e. The van der Waals surface area contributed by atoms with Crippen molar-refractivity contribution >= 4 is 11.6 Å². The molecule has 27 heavy (non-hydrogen) atoms. The van der Waals surface area contributed by atoms with Crippen molar-refractivity contribution in [2.24, 2.45) is 5.92 Å². The molecule has 2 aromatic carbocycles. The summed E-state index contributed by atoms with van der Waals surface area (Å²) in [5.41, 5.74) is 0.610. The molecule has 1 aliphatic heterocycles. The van der Waals surface area contributed by atoms with Crippen molar-refractivity contribution in [3.05, 3.63) is 70.5 Å². The molecule has 3 nitrogen and oxygen atoms in total. The third-order valence-electron chi connectivity index (χ3n) is 5.53. The first-order valence-corrected chi connectivity index (χ1v) is 9.83. The molecule has 146 valence electrons. The van der Waals surface area contributed by atoms with E-state index in [2.05, 4.69) is 4.90 Å². The zero-order chi connectivity index (χ0) is 19.4. The molecule has 5 heteroatoms. The van der Waals surface area contributed by atoms with E-state index < -0.39 is 5.60 Å². The van der Waals surface area contributed by atoms with Crippen molar-refractivity contribution < 1.29 is 14.2 Å². The Hall–Kier alpha value is -1.46. The van der Waals surface area contributed by atoms with E-state index in [0.29, 0.717) is 24.8 Å². The average molecular weight is 392 g/mol. The molecule has 0 bridgehead atoms. The van der Waals surface area contributed by atoms with Gasteiger partial charge in [0.15, 0.2) is 0 Å². The molecule has 1 saturated heterocycles. The average Bonchev–Trinajstić information content (AvgIpc) is 2.67. The maximum atomic E-state index is 13.5. The predicted molar refractivity (Wildman–Crippen MR) is 107 cm³/mol. The third kappa shape index (κ3) is 4.52. The molecular weight excluding hydrogens is 365 g/mol. The van der Waals surface area contributed by atoms with Gasteiger partial charge in [0.2, 0.25) is 0 Å². The zero-order valence-corrected chi connectivity index (χ0v) is 16.6. The number of halogens is 2. The lowest BCUT2D eigenvalue weighted by atomic mass is 9.70. The molecule has 1 aliphatic rings. The summed E-state index contributed by atoms with van der Waals surface area (Å²) in [5.74, 6) is -0.552. The van der Waals surface area contributed by atoms with Gasteiger partial charge in [-0.3, -0.25) is 4.90 Å². The summed E-state index contributed by atoms with van der Waals surface area (Å²) in [6.45, 7) is 7.77. The molecular formula is C22H27ClFNO2. The second-order valence-electron chi connectivity index (χ2n) is 7.50. The van der Waals surface area contributed by atoms with Crippen LogP contribution in [0.5, 0.6) is 0 Å². The van der Waals surface area contributed by atoms with Gasteiger partial charge in [0.1, 0.15) is 5.82 Å². The van der Waals surface area contributed by atoms with Gasteiger partial charge >= 0.3 is 0 Å². The summed E-state index contributed by atoms with van der Waals surface area (Å²) in [7, 11) is 0. The fraction of sp³-hybridized carbons (Fsp3) is 0.455. The Morgan fingerprint density at radius 1 is 1.07 bits per heavy atom. The van der Waals surface area contributed by atoms with Crippen molar-refractivity contribution in [2.75, 3.05) is 32.8 Å². The Morgan fingerprint density at radius 3 is 2.22 bits per heavy atom. The van der Waals surface area contributed by atoms with Crippen molar-refractivity contribution in [1.29, 1.82) is 0 Å². The maximum absolute atomic E-state index is 13.5. The second kappa shape index (κ2) is 8.70. The van der Waals surface area contributed by atoms with Crippen molar-refractivity contribution in [1.82, 2.24) is 4.90 Å². The van der Waals surface area contributed by atoms with Gasteiger partial charge in [0, 0.05) is 30.6 Å². The van der Waals surface area contributed by atoms with Crippen LogP contribution in [0.3, 0.4) is 0 Å². The zero-order valence-electron chi connectivity index (χ0n) is 15.9. The molecule has 0 radical (unpaired) electrons. The Balaban J connectivity index is 2.03. The molecule has 0 saturated carbocycles. The van der Waals surface area contributed by atoms with Crippen LogP contribution in [0.25, 0.3) is 0 Å². The van der Waals surface area contributed by atoms with Crippen LogP contribution < -0.4 is 0 Å². The van der Waals surface area contributed by atoms with E-state index in [-0.39, 0.29) is 17.7 Å². The Bertz CT molecular complexity index is 729. The van der Waals surface area contributed by atoms with E-state index in [1.54, 1.807) is 12.1 Å². The number of hydrogen-bond donors (Lipinski definition) is 1. The maximum Gasteiger partial charge on any atom is 0.123 e. The van der Waals surface area contributed by atoms with Gasteiger partial charge in [-0.2, -0.15) is 0 Å². The van der Waals surface area contributed by atoms with Crippen LogP contribution in [-0.2, 0) is 10.3 Å². The van der Waals surface area contributed by atoms with Gasteiger partial charge in [-0.1, -0.05) is 49.7 Å². The normalized spacial score (nSPS) is 19.0. The van der Waals surface area contributed by atoms with E-state index in [4.69, 9.17) is 16.3 Å². The van der Waals surface area contributed by atoms with Crippen molar-refractivity contribution in [3.63, 3.8) is 0 Å². The molecule has 2 atom stereocenters. The topological polar surface area (TPSA) is 32.7 Å². The number of morpholine rings is 1. The minimum atomic E-state index is -1.14. The fourth-order valence-corrected chi connectivity index (χ4v) is 4.02. The summed E-state index contributed by atoms with van der Waals surface area (Å²) in [5, 5.41) is 12.6. The van der Waals surface area contributed by atoms with E-state index in [0.717, 1.165) is 24.2 Å². The Kier molecular flexibility index (Phi) is 6.53. The van der Waals surface area contributed by atoms with Gasteiger partial charge in [0.25, 0.3) is 0 Å². The molecule has 2 aromatic rings. The van der Waals surface area contributed by atoms with Crippen LogP contribution in [0.2, 0.25) is 5.02 Å². The summed E-state index contributed by atoms with van der Waals surface area (Å²) < 4.78 is 19.0. The highest BCUT2D eigenvalue weighted by molar-refractivity contribution is 6.30. The molecule has 0 aromatic heterocycles. The Labute approximate surface area is 165 Å². The molecule has 0 spiro atoms. The van der Waals surface area contributed by atoms with Gasteiger partial charge < -0.3 is 9.84 Å². The fourth-order valence-electron chi connectivity index (χ4n) is 3.89. The van der Waals surface area contributed by atoms with Gasteiger partial charge in [-0.05, 0) is 41.3 Å². The molecule has 0 aliphatic carbocycles. The minimum absolute atomic E-state index is 0.0651. The second-order valence-corrected chi connectivity index (χ2v) is 7.94. The smallest absolute Gasteiger partial charge is 0.123 e. The van der Waals surface area contributed by atoms with Crippen molar-refractivity contribution in [3.8, 4) is 0 Å². The first-order valence-electron chi connectivity index (χ1n) is 9.45. The predicted octanol–water partition coefficient (Wildman–Crippen LogP) is 4.44. The highest BCUT2D eigenvalue weighted by Gasteiger charge is 2.43. The number of nitrogens with zero attached hydrogens (tertiary/aromatic N) is 1. The summed E-state index contributed by atoms with van der Waals surface area (Å²) >= 11 is 6.09. The molecule has 1 fully saturated rings. The minimum Gasteiger partial charge on any atom is -0.384 e. The number of benzene rings is 2. The van der Waals surface area contributed by atoms with E-state index in [9.17, 15) is 9.50 Å². The first kappa shape index (κ1) is 20.3. The van der Waals surface area contributed by atoms with Gasteiger partial charge in [-0.15, -0.1) is 0 Å². The molecule has 1 N–H and O–H groups in total. The summed E-state index contributed by atoms with van der Waals surface area (Å²) in [6, 6.07) is 13.9. The SMILES string of the molecule is CC(C)[C@@](O)(c1ccc(F)cc1)[C@H](CN1CCOCC1)c1ccc(Cl)cc1. The van der Waals surface area contributed by atoms with Crippen LogP contribution in [0.15, 0.2) is 48.5 Å². The van der Waals surface area contributed by atoms with Gasteiger partial charge in [-0.25, -0.2) is 4.39 Å². The van der Waals surface area contributed by atoms with Crippen LogP contribution >= 0.6 is 11.6 Å². The lowest BCUT2D eigenvalue weighted by Crippen LogP contribution is -2.47. The summed E-state index contributed by atoms with van der Waals surface area (Å²) in [6.07, 6.45) is 0. The number of rotatable bonds is 6. The van der Waals surface area contributed by atoms with Crippen LogP contribution in [0.1, 0.15) is 30.9 Å². The van der Waals surface area contributed by atoms with Crippen LogP contribution in [-0.4, -0.2) is 42.9 Å². The van der Waals surface area contributed by atoms with E-state index in [1.165, 1.54) is 12.1 Å². The van der Waals surface area contributed by atoms with E-state index in [1.807, 2.05) is 38.1 Å². The van der Waals surface area contributed by atoms with Gasteiger partial charge in [0.05, 0.1) is 18.8 Å². The van der Waals surface area contributed by atoms with Crippen LogP contribution in [0, 0.1) is 11.7 Å². The summed E-state index contributed by atoms with van der Waals surface area (Å²) in [4.78, 5) is 2.32. The standard InChI is InChI=1S/C22H27ClFNO2/c1-16(2)22(26,18-5-9-20(24)10-6-18)21(15-25-11-13-27-14-12-25)17-3-7-19(23)8-4-17/h3-10,16,21,26H,11-15H2,1-2H3/t21-,22-/m1/s1. The first-order chi connectivity index (χ1) is 12.9. The highest BCUT2D eigenvalue weighted by atomic mass is 35.5.